The van der Waals surface area contributed by atoms with Crippen LogP contribution in [0.5, 0.6) is 0 Å². The predicted molar refractivity (Wildman–Crippen MR) is 87.8 cm³/mol. The number of benzene rings is 1. The number of fused-ring (bicyclic) bond motifs is 2. The lowest BCUT2D eigenvalue weighted by Gasteiger charge is -2.36. The van der Waals surface area contributed by atoms with Crippen LogP contribution >= 0.6 is 0 Å². The largest absolute Gasteiger partial charge is 0.387 e. The van der Waals surface area contributed by atoms with Gasteiger partial charge in [-0.15, -0.1) is 0 Å². The minimum atomic E-state index is -0.117. The number of rotatable bonds is 3. The Kier molecular flexibility index (Phi) is 3.45. The molecule has 2 heteroatoms. The lowest BCUT2D eigenvalue weighted by atomic mass is 9.70. The molecule has 0 heterocycles. The molecule has 1 unspecified atom stereocenters. The molecule has 1 aromatic rings. The van der Waals surface area contributed by atoms with Gasteiger partial charge in [-0.2, -0.15) is 0 Å². The van der Waals surface area contributed by atoms with Crippen LogP contribution in [0, 0.1) is 16.7 Å². The Morgan fingerprint density at radius 3 is 2.40 bits per heavy atom. The molecule has 1 aromatic carbocycles. The SMILES string of the molecule is C[S+](Cc1ccccc1)[C@@H]1[C@H]2CC[C@@](C)([C@@H]1O)C2(C)C. The van der Waals surface area contributed by atoms with Gasteiger partial charge in [-0.1, -0.05) is 51.1 Å². The van der Waals surface area contributed by atoms with Crippen molar-refractivity contribution in [3.63, 3.8) is 0 Å². The Balaban J connectivity index is 1.82. The van der Waals surface area contributed by atoms with E-state index in [9.17, 15) is 5.11 Å². The Morgan fingerprint density at radius 1 is 1.20 bits per heavy atom. The lowest BCUT2D eigenvalue weighted by molar-refractivity contribution is 0.0145. The molecule has 1 N–H and O–H groups in total. The van der Waals surface area contributed by atoms with Crippen LogP contribution in [0.2, 0.25) is 0 Å². The van der Waals surface area contributed by atoms with Crippen molar-refractivity contribution >= 4 is 10.9 Å². The first-order chi connectivity index (χ1) is 9.38. The third kappa shape index (κ3) is 1.88. The zero-order valence-electron chi connectivity index (χ0n) is 13.1. The second-order valence-electron chi connectivity index (χ2n) is 7.51. The molecule has 1 nitrogen and oxygen atoms in total. The normalized spacial score (nSPS) is 40.0. The van der Waals surface area contributed by atoms with E-state index in [1.807, 2.05) is 0 Å². The average Bonchev–Trinajstić information content (AvgIpc) is 2.72. The summed E-state index contributed by atoms with van der Waals surface area (Å²) in [5.41, 5.74) is 1.83. The van der Waals surface area contributed by atoms with Crippen LogP contribution < -0.4 is 0 Å². The minimum Gasteiger partial charge on any atom is -0.387 e. The van der Waals surface area contributed by atoms with Crippen LogP contribution in [0.15, 0.2) is 30.3 Å². The molecule has 2 aliphatic carbocycles. The summed E-state index contributed by atoms with van der Waals surface area (Å²) in [6.07, 6.45) is 4.75. The second-order valence-corrected chi connectivity index (χ2v) is 9.73. The molecule has 20 heavy (non-hydrogen) atoms. The third-order valence-corrected chi connectivity index (χ3v) is 8.74. The van der Waals surface area contributed by atoms with E-state index in [1.165, 1.54) is 18.4 Å². The molecule has 3 rings (SSSR count). The van der Waals surface area contributed by atoms with E-state index >= 15 is 0 Å². The predicted octanol–water partition coefficient (Wildman–Crippen LogP) is 3.62. The highest BCUT2D eigenvalue weighted by molar-refractivity contribution is 7.96. The molecular formula is C18H27OS+. The summed E-state index contributed by atoms with van der Waals surface area (Å²) in [6, 6.07) is 10.8. The third-order valence-electron chi connectivity index (χ3n) is 6.44. The first kappa shape index (κ1) is 14.5. The molecule has 2 fully saturated rings. The van der Waals surface area contributed by atoms with E-state index in [2.05, 4.69) is 57.4 Å². The van der Waals surface area contributed by atoms with E-state index in [0.29, 0.717) is 11.2 Å². The molecule has 0 aliphatic heterocycles. The summed E-state index contributed by atoms with van der Waals surface area (Å²) < 4.78 is 0. The highest BCUT2D eigenvalue weighted by Gasteiger charge is 2.69. The van der Waals surface area contributed by atoms with Gasteiger partial charge in [0.05, 0.1) is 6.26 Å². The number of hydrogen-bond acceptors (Lipinski definition) is 1. The molecule has 0 saturated heterocycles. The van der Waals surface area contributed by atoms with Crippen molar-refractivity contribution < 1.29 is 5.11 Å². The molecule has 2 saturated carbocycles. The standard InChI is InChI=1S/C18H27OS/c1-17(2)14-10-11-18(17,3)16(19)15(14)20(4)12-13-8-6-5-7-9-13/h5-9,14-16,19H,10-12H2,1-4H3/q+1/t14-,15-,16-,18+,20?/m1/s1. The molecule has 5 atom stereocenters. The van der Waals surface area contributed by atoms with Crippen LogP contribution in [-0.4, -0.2) is 22.7 Å². The van der Waals surface area contributed by atoms with Gasteiger partial charge in [0, 0.05) is 16.9 Å². The fraction of sp³-hybridized carbons (Fsp3) is 0.667. The van der Waals surface area contributed by atoms with Crippen molar-refractivity contribution in [2.45, 2.75) is 50.7 Å². The second kappa shape index (κ2) is 4.78. The van der Waals surface area contributed by atoms with E-state index in [4.69, 9.17) is 0 Å². The van der Waals surface area contributed by atoms with Gasteiger partial charge in [-0.3, -0.25) is 0 Å². The van der Waals surface area contributed by atoms with Crippen molar-refractivity contribution in [2.75, 3.05) is 6.26 Å². The highest BCUT2D eigenvalue weighted by Crippen LogP contribution is 2.66. The van der Waals surface area contributed by atoms with Gasteiger partial charge in [0.25, 0.3) is 0 Å². The van der Waals surface area contributed by atoms with Gasteiger partial charge >= 0.3 is 0 Å². The number of hydrogen-bond donors (Lipinski definition) is 1. The maximum absolute atomic E-state index is 10.9. The van der Waals surface area contributed by atoms with E-state index < -0.39 is 0 Å². The number of aliphatic hydroxyl groups is 1. The van der Waals surface area contributed by atoms with Crippen LogP contribution in [0.1, 0.15) is 39.2 Å². The van der Waals surface area contributed by atoms with Gasteiger partial charge < -0.3 is 5.11 Å². The minimum absolute atomic E-state index is 0.117. The molecular weight excluding hydrogens is 264 g/mol. The summed E-state index contributed by atoms with van der Waals surface area (Å²) in [4.78, 5) is 0. The number of aliphatic hydroxyl groups excluding tert-OH is 1. The molecule has 0 amide bonds. The molecule has 0 aromatic heterocycles. The topological polar surface area (TPSA) is 20.2 Å². The Morgan fingerprint density at radius 2 is 1.85 bits per heavy atom. The van der Waals surface area contributed by atoms with Crippen molar-refractivity contribution in [1.29, 1.82) is 0 Å². The zero-order chi connectivity index (χ0) is 14.5. The first-order valence-corrected chi connectivity index (χ1v) is 9.58. The maximum atomic E-state index is 10.9. The summed E-state index contributed by atoms with van der Waals surface area (Å²) in [6.45, 7) is 7.08. The van der Waals surface area contributed by atoms with Crippen LogP contribution in [0.4, 0.5) is 0 Å². The van der Waals surface area contributed by atoms with Crippen LogP contribution in [0.3, 0.4) is 0 Å². The van der Waals surface area contributed by atoms with Gasteiger partial charge in [-0.25, -0.2) is 0 Å². The molecule has 2 aliphatic rings. The highest BCUT2D eigenvalue weighted by atomic mass is 32.2. The van der Waals surface area contributed by atoms with Gasteiger partial charge in [0.1, 0.15) is 17.1 Å². The van der Waals surface area contributed by atoms with Crippen LogP contribution in [0.25, 0.3) is 0 Å². The van der Waals surface area contributed by atoms with Gasteiger partial charge in [-0.05, 0) is 29.2 Å². The quantitative estimate of drug-likeness (QED) is 0.843. The summed E-state index contributed by atoms with van der Waals surface area (Å²) in [7, 11) is 0.252. The monoisotopic (exact) mass is 291 g/mol. The summed E-state index contributed by atoms with van der Waals surface area (Å²) in [5.74, 6) is 1.81. The Bertz CT molecular complexity index is 483. The Labute approximate surface area is 126 Å². The summed E-state index contributed by atoms with van der Waals surface area (Å²) in [5, 5.41) is 11.4. The molecule has 0 radical (unpaired) electrons. The fourth-order valence-electron chi connectivity index (χ4n) is 4.68. The molecule has 110 valence electrons. The van der Waals surface area contributed by atoms with Crippen molar-refractivity contribution in [3.05, 3.63) is 35.9 Å². The van der Waals surface area contributed by atoms with E-state index in [1.54, 1.807) is 0 Å². The lowest BCUT2D eigenvalue weighted by Crippen LogP contribution is -2.43. The van der Waals surface area contributed by atoms with Crippen molar-refractivity contribution in [1.82, 2.24) is 0 Å². The molecule has 2 bridgehead atoms. The van der Waals surface area contributed by atoms with Crippen LogP contribution in [-0.2, 0) is 16.6 Å². The van der Waals surface area contributed by atoms with E-state index in [0.717, 1.165) is 5.75 Å². The molecule has 0 spiro atoms. The fourth-order valence-corrected chi connectivity index (χ4v) is 7.37. The Hall–Kier alpha value is -0.470. The van der Waals surface area contributed by atoms with Crippen molar-refractivity contribution in [3.8, 4) is 0 Å². The van der Waals surface area contributed by atoms with Crippen molar-refractivity contribution in [2.24, 2.45) is 16.7 Å². The van der Waals surface area contributed by atoms with E-state index in [-0.39, 0.29) is 27.8 Å². The van der Waals surface area contributed by atoms with Gasteiger partial charge in [0.2, 0.25) is 0 Å². The smallest absolute Gasteiger partial charge is 0.147 e. The van der Waals surface area contributed by atoms with Gasteiger partial charge in [0.15, 0.2) is 0 Å². The maximum Gasteiger partial charge on any atom is 0.147 e. The zero-order valence-corrected chi connectivity index (χ0v) is 13.9. The summed E-state index contributed by atoms with van der Waals surface area (Å²) >= 11 is 0. The first-order valence-electron chi connectivity index (χ1n) is 7.71. The average molecular weight is 291 g/mol.